The van der Waals surface area contributed by atoms with Gasteiger partial charge in [0.15, 0.2) is 0 Å². The van der Waals surface area contributed by atoms with Gasteiger partial charge in [-0.3, -0.25) is 4.79 Å². The molecule has 0 unspecified atom stereocenters. The number of hydrogen-bond donors (Lipinski definition) is 1. The smallest absolute Gasteiger partial charge is 0.240 e. The maximum absolute atomic E-state index is 13.3. The van der Waals surface area contributed by atoms with Crippen molar-refractivity contribution in [1.29, 1.82) is 0 Å². The average molecular weight is 433 g/mol. The van der Waals surface area contributed by atoms with E-state index in [4.69, 9.17) is 10.5 Å². The fourth-order valence-electron chi connectivity index (χ4n) is 4.32. The molecule has 0 aliphatic carbocycles. The lowest BCUT2D eigenvalue weighted by atomic mass is 10.0. The van der Waals surface area contributed by atoms with Gasteiger partial charge >= 0.3 is 0 Å². The second-order valence-electron chi connectivity index (χ2n) is 8.68. The first-order chi connectivity index (χ1) is 15.6. The summed E-state index contributed by atoms with van der Waals surface area (Å²) >= 11 is 0. The van der Waals surface area contributed by atoms with Crippen LogP contribution in [0.5, 0.6) is 0 Å². The summed E-state index contributed by atoms with van der Waals surface area (Å²) in [6, 6.07) is 17.9. The van der Waals surface area contributed by atoms with E-state index >= 15 is 0 Å². The second kappa shape index (κ2) is 10.6. The minimum absolute atomic E-state index is 0.00650. The summed E-state index contributed by atoms with van der Waals surface area (Å²) in [5.74, 6) is 0.00650. The van der Waals surface area contributed by atoms with Crippen molar-refractivity contribution in [3.63, 3.8) is 0 Å². The molecule has 1 saturated heterocycles. The van der Waals surface area contributed by atoms with Crippen LogP contribution in [0.4, 0.5) is 0 Å². The molecule has 32 heavy (non-hydrogen) atoms. The monoisotopic (exact) mass is 432 g/mol. The predicted octanol–water partition coefficient (Wildman–Crippen LogP) is 3.34. The minimum atomic E-state index is -0.554. The first-order valence-electron chi connectivity index (χ1n) is 11.3. The maximum Gasteiger partial charge on any atom is 0.240 e. The van der Waals surface area contributed by atoms with Crippen LogP contribution in [-0.2, 0) is 29.1 Å². The zero-order valence-corrected chi connectivity index (χ0v) is 18.6. The number of nitrogens with two attached hydrogens (primary N) is 1. The quantitative estimate of drug-likeness (QED) is 0.563. The highest BCUT2D eigenvalue weighted by atomic mass is 16.5. The number of benzene rings is 2. The molecule has 1 aliphatic rings. The molecule has 1 aliphatic heterocycles. The largest absolute Gasteiger partial charge is 0.372 e. The van der Waals surface area contributed by atoms with Gasteiger partial charge in [0.25, 0.3) is 0 Å². The number of imidazole rings is 1. The number of ether oxygens (including phenoxy) is 1. The Bertz CT molecular complexity index is 973. The molecular weight excluding hydrogens is 400 g/mol. The number of aromatic nitrogens is 2. The zero-order chi connectivity index (χ0) is 22.3. The van der Waals surface area contributed by atoms with Crippen molar-refractivity contribution in [1.82, 2.24) is 14.5 Å². The van der Waals surface area contributed by atoms with E-state index in [1.54, 1.807) is 6.20 Å². The van der Waals surface area contributed by atoms with E-state index in [1.807, 2.05) is 40.2 Å². The predicted molar refractivity (Wildman–Crippen MR) is 125 cm³/mol. The van der Waals surface area contributed by atoms with Gasteiger partial charge in [-0.15, -0.1) is 0 Å². The highest BCUT2D eigenvalue weighted by Crippen LogP contribution is 2.25. The molecule has 1 fully saturated rings. The summed E-state index contributed by atoms with van der Waals surface area (Å²) in [5.41, 5.74) is 9.81. The molecule has 1 aromatic heterocycles. The SMILES string of the molecule is Cc1ccc(C[C@@H](N)C(=O)N2C[C@H](OCc3ccccc3)C[C@@H]2CCn2ccnc2)cc1. The van der Waals surface area contributed by atoms with Gasteiger partial charge in [-0.25, -0.2) is 4.98 Å². The average Bonchev–Trinajstić information content (AvgIpc) is 3.48. The topological polar surface area (TPSA) is 73.4 Å². The Kier molecular flexibility index (Phi) is 7.35. The minimum Gasteiger partial charge on any atom is -0.372 e. The first kappa shape index (κ1) is 22.2. The van der Waals surface area contributed by atoms with Gasteiger partial charge in [0.05, 0.1) is 25.1 Å². The first-order valence-corrected chi connectivity index (χ1v) is 11.3. The molecule has 1 amide bonds. The van der Waals surface area contributed by atoms with Crippen molar-refractivity contribution in [2.45, 2.75) is 57.5 Å². The number of carbonyl (C=O) groups is 1. The van der Waals surface area contributed by atoms with Crippen molar-refractivity contribution in [2.24, 2.45) is 5.73 Å². The van der Waals surface area contributed by atoms with Crippen LogP contribution in [0.2, 0.25) is 0 Å². The Morgan fingerprint density at radius 3 is 2.66 bits per heavy atom. The van der Waals surface area contributed by atoms with Crippen LogP contribution < -0.4 is 5.73 Å². The molecule has 6 nitrogen and oxygen atoms in total. The van der Waals surface area contributed by atoms with Gasteiger partial charge in [-0.05, 0) is 37.3 Å². The molecule has 0 spiro atoms. The fraction of sp³-hybridized carbons (Fsp3) is 0.385. The number of likely N-dealkylation sites (tertiary alicyclic amines) is 1. The van der Waals surface area contributed by atoms with Crippen LogP contribution in [-0.4, -0.2) is 45.1 Å². The third-order valence-electron chi connectivity index (χ3n) is 6.16. The van der Waals surface area contributed by atoms with Gasteiger partial charge in [-0.2, -0.15) is 0 Å². The van der Waals surface area contributed by atoms with Crippen molar-refractivity contribution in [3.05, 3.63) is 90.0 Å². The van der Waals surface area contributed by atoms with Gasteiger partial charge < -0.3 is 19.9 Å². The number of nitrogens with zero attached hydrogens (tertiary/aromatic N) is 3. The van der Waals surface area contributed by atoms with Crippen LogP contribution in [0.3, 0.4) is 0 Å². The van der Waals surface area contributed by atoms with E-state index in [-0.39, 0.29) is 18.1 Å². The molecule has 0 saturated carbocycles. The lowest BCUT2D eigenvalue weighted by Gasteiger charge is -2.27. The number of carbonyl (C=O) groups excluding carboxylic acids is 1. The van der Waals surface area contributed by atoms with E-state index in [0.717, 1.165) is 30.5 Å². The maximum atomic E-state index is 13.3. The fourth-order valence-corrected chi connectivity index (χ4v) is 4.32. The number of rotatable bonds is 9. The molecule has 3 aromatic rings. The van der Waals surface area contributed by atoms with Crippen LogP contribution in [0.25, 0.3) is 0 Å². The molecule has 2 heterocycles. The molecule has 0 radical (unpaired) electrons. The van der Waals surface area contributed by atoms with Crippen molar-refractivity contribution in [3.8, 4) is 0 Å². The van der Waals surface area contributed by atoms with Crippen LogP contribution in [0.15, 0.2) is 73.3 Å². The summed E-state index contributed by atoms with van der Waals surface area (Å²) in [6.45, 7) is 4.01. The zero-order valence-electron chi connectivity index (χ0n) is 18.6. The third-order valence-corrected chi connectivity index (χ3v) is 6.16. The summed E-state index contributed by atoms with van der Waals surface area (Å²) in [6.07, 6.45) is 7.77. The molecule has 6 heteroatoms. The highest BCUT2D eigenvalue weighted by molar-refractivity contribution is 5.82. The van der Waals surface area contributed by atoms with E-state index in [9.17, 15) is 4.79 Å². The Morgan fingerprint density at radius 1 is 1.16 bits per heavy atom. The summed E-state index contributed by atoms with van der Waals surface area (Å²) in [4.78, 5) is 19.4. The normalized spacial score (nSPS) is 19.2. The van der Waals surface area contributed by atoms with E-state index in [2.05, 4.69) is 48.3 Å². The van der Waals surface area contributed by atoms with Crippen LogP contribution in [0, 0.1) is 6.92 Å². The Morgan fingerprint density at radius 2 is 1.94 bits per heavy atom. The third kappa shape index (κ3) is 5.84. The van der Waals surface area contributed by atoms with Crippen molar-refractivity contribution in [2.75, 3.05) is 6.54 Å². The van der Waals surface area contributed by atoms with E-state index in [0.29, 0.717) is 19.6 Å². The molecule has 0 bridgehead atoms. The van der Waals surface area contributed by atoms with Crippen molar-refractivity contribution >= 4 is 5.91 Å². The second-order valence-corrected chi connectivity index (χ2v) is 8.68. The molecule has 168 valence electrons. The van der Waals surface area contributed by atoms with Crippen LogP contribution >= 0.6 is 0 Å². The van der Waals surface area contributed by atoms with E-state index < -0.39 is 6.04 Å². The van der Waals surface area contributed by atoms with E-state index in [1.165, 1.54) is 5.56 Å². The molecule has 4 rings (SSSR count). The Hall–Kier alpha value is -2.96. The van der Waals surface area contributed by atoms with Gasteiger partial charge in [0.2, 0.25) is 5.91 Å². The van der Waals surface area contributed by atoms with Crippen molar-refractivity contribution < 1.29 is 9.53 Å². The standard InChI is InChI=1S/C26H32N4O2/c1-20-7-9-21(10-8-20)15-25(27)26(31)30-17-24(32-18-22-5-3-2-4-6-22)16-23(30)11-13-29-14-12-28-19-29/h2-10,12,14,19,23-25H,11,13,15-18,27H2,1H3/t23-,24+,25+/m0/s1. The number of aryl methyl sites for hydroxylation is 2. The molecule has 2 aromatic carbocycles. The Labute approximate surface area is 190 Å². The molecule has 2 N–H and O–H groups in total. The van der Waals surface area contributed by atoms with Gasteiger partial charge in [-0.1, -0.05) is 60.2 Å². The van der Waals surface area contributed by atoms with Crippen LogP contribution in [0.1, 0.15) is 29.5 Å². The molecular formula is C26H32N4O2. The Balaban J connectivity index is 1.40. The summed E-state index contributed by atoms with van der Waals surface area (Å²) < 4.78 is 8.24. The molecule has 3 atom stereocenters. The summed E-state index contributed by atoms with van der Waals surface area (Å²) in [7, 11) is 0. The number of amides is 1. The van der Waals surface area contributed by atoms with Gasteiger partial charge in [0, 0.05) is 31.5 Å². The lowest BCUT2D eigenvalue weighted by Crippen LogP contribution is -2.47. The summed E-state index contributed by atoms with van der Waals surface area (Å²) in [5, 5.41) is 0. The lowest BCUT2D eigenvalue weighted by molar-refractivity contribution is -0.134. The highest BCUT2D eigenvalue weighted by Gasteiger charge is 2.37. The number of hydrogen-bond acceptors (Lipinski definition) is 4. The van der Waals surface area contributed by atoms with Gasteiger partial charge in [0.1, 0.15) is 0 Å².